The van der Waals surface area contributed by atoms with Crippen LogP contribution in [-0.2, 0) is 11.2 Å². The van der Waals surface area contributed by atoms with Crippen LogP contribution in [0.2, 0.25) is 0 Å². The lowest BCUT2D eigenvalue weighted by Gasteiger charge is -2.19. The molecule has 0 aliphatic carbocycles. The zero-order valence-corrected chi connectivity index (χ0v) is 20.2. The highest BCUT2D eigenvalue weighted by Crippen LogP contribution is 2.30. The van der Waals surface area contributed by atoms with Crippen LogP contribution in [0.1, 0.15) is 53.2 Å². The van der Waals surface area contributed by atoms with Gasteiger partial charge in [-0.05, 0) is 61.0 Å². The predicted octanol–water partition coefficient (Wildman–Crippen LogP) is 4.74. The van der Waals surface area contributed by atoms with Gasteiger partial charge in [0.05, 0.1) is 13.2 Å². The van der Waals surface area contributed by atoms with E-state index >= 15 is 0 Å². The van der Waals surface area contributed by atoms with Gasteiger partial charge in [-0.15, -0.1) is 11.3 Å². The Balaban J connectivity index is 1.77. The number of benzene rings is 2. The molecule has 6 nitrogen and oxygen atoms in total. The molecule has 33 heavy (non-hydrogen) atoms. The van der Waals surface area contributed by atoms with Crippen LogP contribution in [-0.4, -0.2) is 31.6 Å². The first-order chi connectivity index (χ1) is 15.9. The Hall–Kier alpha value is -3.32. The molecule has 1 aromatic heterocycles. The van der Waals surface area contributed by atoms with E-state index in [0.717, 1.165) is 16.9 Å². The standard InChI is InChI=1S/C26H30N2O4S/c1-5-18-8-10-19(11-9-18)25(23-7-6-14-33-23)28-26(30)20-12-13-21(22(15-20)31-4)32-16-24(29)27-17(2)3/h6-15,17,25H,5,16H2,1-4H3,(H,27,29)(H,28,30). The van der Waals surface area contributed by atoms with E-state index < -0.39 is 0 Å². The third-order valence-electron chi connectivity index (χ3n) is 5.06. The highest BCUT2D eigenvalue weighted by atomic mass is 32.1. The number of carbonyl (C=O) groups is 2. The van der Waals surface area contributed by atoms with Gasteiger partial charge in [0.2, 0.25) is 0 Å². The number of hydrogen-bond acceptors (Lipinski definition) is 5. The van der Waals surface area contributed by atoms with Gasteiger partial charge in [0.1, 0.15) is 0 Å². The monoisotopic (exact) mass is 466 g/mol. The Bertz CT molecular complexity index is 1060. The minimum atomic E-state index is -0.259. The Morgan fingerprint density at radius 1 is 1.00 bits per heavy atom. The number of carbonyl (C=O) groups excluding carboxylic acids is 2. The van der Waals surface area contributed by atoms with Crippen molar-refractivity contribution in [2.75, 3.05) is 13.7 Å². The van der Waals surface area contributed by atoms with Crippen molar-refractivity contribution in [2.24, 2.45) is 0 Å². The Labute approximate surface area is 198 Å². The predicted molar refractivity (Wildman–Crippen MR) is 131 cm³/mol. The summed E-state index contributed by atoms with van der Waals surface area (Å²) in [7, 11) is 1.50. The molecular weight excluding hydrogens is 436 g/mol. The minimum absolute atomic E-state index is 0.0311. The molecule has 1 atom stereocenters. The van der Waals surface area contributed by atoms with Crippen molar-refractivity contribution in [3.05, 3.63) is 81.5 Å². The third-order valence-corrected chi connectivity index (χ3v) is 6.00. The maximum Gasteiger partial charge on any atom is 0.258 e. The van der Waals surface area contributed by atoms with Gasteiger partial charge in [-0.25, -0.2) is 0 Å². The van der Waals surface area contributed by atoms with E-state index in [4.69, 9.17) is 9.47 Å². The molecule has 174 valence electrons. The normalized spacial score (nSPS) is 11.7. The van der Waals surface area contributed by atoms with Gasteiger partial charge < -0.3 is 20.1 Å². The Morgan fingerprint density at radius 3 is 2.36 bits per heavy atom. The molecule has 0 spiro atoms. The van der Waals surface area contributed by atoms with Gasteiger partial charge >= 0.3 is 0 Å². The summed E-state index contributed by atoms with van der Waals surface area (Å²) in [5.41, 5.74) is 2.71. The number of methoxy groups -OCH3 is 1. The average Bonchev–Trinajstić information content (AvgIpc) is 3.35. The molecule has 0 saturated carbocycles. The summed E-state index contributed by atoms with van der Waals surface area (Å²) < 4.78 is 11.0. The summed E-state index contributed by atoms with van der Waals surface area (Å²) in [5.74, 6) is 0.343. The summed E-state index contributed by atoms with van der Waals surface area (Å²) >= 11 is 1.60. The van der Waals surface area contributed by atoms with E-state index in [2.05, 4.69) is 41.8 Å². The van der Waals surface area contributed by atoms with E-state index in [1.165, 1.54) is 12.7 Å². The SMILES string of the molecule is CCc1ccc(C(NC(=O)c2ccc(OCC(=O)NC(C)C)c(OC)c2)c2cccs2)cc1. The van der Waals surface area contributed by atoms with Gasteiger partial charge in [0, 0.05) is 16.5 Å². The molecule has 0 aliphatic rings. The fourth-order valence-electron chi connectivity index (χ4n) is 3.37. The van der Waals surface area contributed by atoms with Gasteiger partial charge in [0.15, 0.2) is 18.1 Å². The first-order valence-electron chi connectivity index (χ1n) is 10.9. The van der Waals surface area contributed by atoms with Crippen LogP contribution in [0.25, 0.3) is 0 Å². The Kier molecular flexibility index (Phi) is 8.49. The van der Waals surface area contributed by atoms with Crippen molar-refractivity contribution < 1.29 is 19.1 Å². The molecule has 7 heteroatoms. The molecule has 2 N–H and O–H groups in total. The number of ether oxygens (including phenoxy) is 2. The van der Waals surface area contributed by atoms with Crippen LogP contribution in [0.3, 0.4) is 0 Å². The molecule has 3 rings (SSSR count). The molecule has 0 bridgehead atoms. The molecular formula is C26H30N2O4S. The number of hydrogen-bond donors (Lipinski definition) is 2. The summed E-state index contributed by atoms with van der Waals surface area (Å²) in [6.45, 7) is 5.75. The highest BCUT2D eigenvalue weighted by Gasteiger charge is 2.20. The van der Waals surface area contributed by atoms with Crippen LogP contribution in [0.4, 0.5) is 0 Å². The molecule has 2 amide bonds. The van der Waals surface area contributed by atoms with Gasteiger partial charge in [-0.1, -0.05) is 37.3 Å². The van der Waals surface area contributed by atoms with Crippen molar-refractivity contribution in [3.63, 3.8) is 0 Å². The van der Waals surface area contributed by atoms with Gasteiger partial charge in [-0.2, -0.15) is 0 Å². The van der Waals surface area contributed by atoms with Crippen LogP contribution < -0.4 is 20.1 Å². The second-order valence-electron chi connectivity index (χ2n) is 7.89. The van der Waals surface area contributed by atoms with Crippen molar-refractivity contribution in [3.8, 4) is 11.5 Å². The average molecular weight is 467 g/mol. The quantitative estimate of drug-likeness (QED) is 0.452. The number of amides is 2. The molecule has 2 aromatic carbocycles. The second kappa shape index (κ2) is 11.5. The van der Waals surface area contributed by atoms with E-state index in [1.807, 2.05) is 31.4 Å². The summed E-state index contributed by atoms with van der Waals surface area (Å²) in [6, 6.07) is 17.0. The van der Waals surface area contributed by atoms with Crippen molar-refractivity contribution in [1.29, 1.82) is 0 Å². The van der Waals surface area contributed by atoms with E-state index in [1.54, 1.807) is 29.5 Å². The molecule has 0 fully saturated rings. The van der Waals surface area contributed by atoms with Gasteiger partial charge in [-0.3, -0.25) is 9.59 Å². The first kappa shape index (κ1) is 24.3. The maximum atomic E-state index is 13.1. The minimum Gasteiger partial charge on any atom is -0.493 e. The van der Waals surface area contributed by atoms with Crippen molar-refractivity contribution >= 4 is 23.2 Å². The van der Waals surface area contributed by atoms with Crippen LogP contribution in [0.15, 0.2) is 60.0 Å². The lowest BCUT2D eigenvalue weighted by molar-refractivity contribution is -0.123. The zero-order chi connectivity index (χ0) is 23.8. The van der Waals surface area contributed by atoms with E-state index in [0.29, 0.717) is 17.1 Å². The molecule has 0 saturated heterocycles. The summed E-state index contributed by atoms with van der Waals surface area (Å²) in [5, 5.41) is 7.91. The summed E-state index contributed by atoms with van der Waals surface area (Å²) in [4.78, 5) is 26.1. The van der Waals surface area contributed by atoms with Crippen molar-refractivity contribution in [1.82, 2.24) is 10.6 Å². The third kappa shape index (κ3) is 6.58. The Morgan fingerprint density at radius 2 is 1.76 bits per heavy atom. The van der Waals surface area contributed by atoms with Crippen LogP contribution in [0.5, 0.6) is 11.5 Å². The van der Waals surface area contributed by atoms with Crippen molar-refractivity contribution in [2.45, 2.75) is 39.3 Å². The largest absolute Gasteiger partial charge is 0.493 e. The molecule has 1 unspecified atom stereocenters. The maximum absolute atomic E-state index is 13.1. The smallest absolute Gasteiger partial charge is 0.258 e. The number of aryl methyl sites for hydroxylation is 1. The topological polar surface area (TPSA) is 76.7 Å². The number of nitrogens with one attached hydrogen (secondary N) is 2. The lowest BCUT2D eigenvalue weighted by Crippen LogP contribution is -2.34. The van der Waals surface area contributed by atoms with Crippen LogP contribution in [0, 0.1) is 0 Å². The molecule has 0 radical (unpaired) electrons. The number of rotatable bonds is 10. The molecule has 0 aliphatic heterocycles. The van der Waals surface area contributed by atoms with Crippen LogP contribution >= 0.6 is 11.3 Å². The highest BCUT2D eigenvalue weighted by molar-refractivity contribution is 7.10. The summed E-state index contributed by atoms with van der Waals surface area (Å²) in [6.07, 6.45) is 0.962. The van der Waals surface area contributed by atoms with Gasteiger partial charge in [0.25, 0.3) is 11.8 Å². The fraction of sp³-hybridized carbons (Fsp3) is 0.308. The van der Waals surface area contributed by atoms with E-state index in [-0.39, 0.29) is 30.5 Å². The van der Waals surface area contributed by atoms with E-state index in [9.17, 15) is 9.59 Å². The lowest BCUT2D eigenvalue weighted by atomic mass is 10.0. The molecule has 3 aromatic rings. The number of thiophene rings is 1. The first-order valence-corrected chi connectivity index (χ1v) is 11.8. The fourth-order valence-corrected chi connectivity index (χ4v) is 4.17. The molecule has 1 heterocycles. The zero-order valence-electron chi connectivity index (χ0n) is 19.4. The second-order valence-corrected chi connectivity index (χ2v) is 8.87.